The Morgan fingerprint density at radius 2 is 1.73 bits per heavy atom. The minimum atomic E-state index is -3.75. The third-order valence-electron chi connectivity index (χ3n) is 4.23. The predicted molar refractivity (Wildman–Crippen MR) is 95.4 cm³/mol. The summed E-state index contributed by atoms with van der Waals surface area (Å²) < 4.78 is 27.7. The number of amides is 2. The van der Waals surface area contributed by atoms with Gasteiger partial charge >= 0.3 is 0 Å². The van der Waals surface area contributed by atoms with Crippen molar-refractivity contribution in [3.8, 4) is 0 Å². The number of rotatable bonds is 5. The van der Waals surface area contributed by atoms with E-state index in [2.05, 4.69) is 9.71 Å². The first-order valence-corrected chi connectivity index (χ1v) is 9.59. The van der Waals surface area contributed by atoms with E-state index in [9.17, 15) is 18.0 Å². The van der Waals surface area contributed by atoms with Gasteiger partial charge in [-0.25, -0.2) is 13.1 Å². The van der Waals surface area contributed by atoms with Crippen LogP contribution in [-0.4, -0.2) is 43.2 Å². The molecule has 0 aliphatic carbocycles. The molecule has 2 heterocycles. The number of carbonyl (C=O) groups is 2. The number of sulfonamides is 1. The molecule has 0 unspecified atom stereocenters. The monoisotopic (exact) mass is 373 g/mol. The molecule has 0 saturated heterocycles. The van der Waals surface area contributed by atoms with Gasteiger partial charge in [0.05, 0.1) is 10.5 Å². The minimum absolute atomic E-state index is 0.0583. The van der Waals surface area contributed by atoms with Crippen molar-refractivity contribution >= 4 is 21.8 Å². The molecule has 0 bridgehead atoms. The number of pyridine rings is 1. The molecule has 0 spiro atoms. The molecule has 1 aliphatic rings. The fourth-order valence-corrected chi connectivity index (χ4v) is 4.74. The van der Waals surface area contributed by atoms with Gasteiger partial charge in [-0.05, 0) is 44.0 Å². The fourth-order valence-electron chi connectivity index (χ4n) is 3.27. The van der Waals surface area contributed by atoms with E-state index in [4.69, 9.17) is 0 Å². The summed E-state index contributed by atoms with van der Waals surface area (Å²) in [6.07, 6.45) is 1.44. The highest BCUT2D eigenvalue weighted by Gasteiger charge is 2.36. The Morgan fingerprint density at radius 1 is 1.08 bits per heavy atom. The molecule has 2 amide bonds. The van der Waals surface area contributed by atoms with Crippen molar-refractivity contribution in [1.82, 2.24) is 14.6 Å². The maximum atomic E-state index is 12.6. The van der Waals surface area contributed by atoms with Crippen molar-refractivity contribution in [3.05, 3.63) is 58.4 Å². The van der Waals surface area contributed by atoms with Crippen LogP contribution in [0.25, 0.3) is 0 Å². The zero-order valence-corrected chi connectivity index (χ0v) is 15.6. The average Bonchev–Trinajstić information content (AvgIpc) is 2.79. The quantitative estimate of drug-likeness (QED) is 0.803. The molecule has 0 fully saturated rings. The molecule has 26 heavy (non-hydrogen) atoms. The first kappa shape index (κ1) is 18.2. The zero-order valence-electron chi connectivity index (χ0n) is 14.7. The van der Waals surface area contributed by atoms with E-state index in [0.717, 1.165) is 10.5 Å². The summed E-state index contributed by atoms with van der Waals surface area (Å²) in [6, 6.07) is 6.72. The van der Waals surface area contributed by atoms with Crippen LogP contribution in [0.4, 0.5) is 0 Å². The molecule has 3 rings (SSSR count). The van der Waals surface area contributed by atoms with Gasteiger partial charge in [-0.3, -0.25) is 19.5 Å². The van der Waals surface area contributed by atoms with Crippen molar-refractivity contribution in [2.45, 2.75) is 25.7 Å². The highest BCUT2D eigenvalue weighted by atomic mass is 32.2. The lowest BCUT2D eigenvalue weighted by Crippen LogP contribution is -2.38. The zero-order chi connectivity index (χ0) is 19.1. The fraction of sp³-hybridized carbons (Fsp3) is 0.278. The second-order valence-corrected chi connectivity index (χ2v) is 7.99. The number of imide groups is 1. The molecule has 0 saturated carbocycles. The molecule has 0 atom stereocenters. The van der Waals surface area contributed by atoms with Crippen molar-refractivity contribution in [1.29, 1.82) is 0 Å². The van der Waals surface area contributed by atoms with Crippen LogP contribution in [0.5, 0.6) is 0 Å². The summed E-state index contributed by atoms with van der Waals surface area (Å²) in [6.45, 7) is 5.26. The van der Waals surface area contributed by atoms with Crippen molar-refractivity contribution < 1.29 is 18.0 Å². The summed E-state index contributed by atoms with van der Waals surface area (Å²) in [5.41, 5.74) is 2.63. The van der Waals surface area contributed by atoms with Crippen molar-refractivity contribution in [2.24, 2.45) is 0 Å². The van der Waals surface area contributed by atoms with Gasteiger partial charge in [0.25, 0.3) is 11.8 Å². The summed E-state index contributed by atoms with van der Waals surface area (Å²) >= 11 is 0. The highest BCUT2D eigenvalue weighted by molar-refractivity contribution is 7.89. The summed E-state index contributed by atoms with van der Waals surface area (Å²) in [5.74, 6) is -0.965. The van der Waals surface area contributed by atoms with Crippen LogP contribution in [-0.2, 0) is 10.0 Å². The predicted octanol–water partition coefficient (Wildman–Crippen LogP) is 1.58. The van der Waals surface area contributed by atoms with E-state index in [1.165, 1.54) is 12.3 Å². The molecule has 1 N–H and O–H groups in total. The molecular formula is C18H19N3O4S. The Morgan fingerprint density at radius 3 is 2.35 bits per heavy atom. The number of carbonyl (C=O) groups excluding carboxylic acids is 2. The SMILES string of the molecule is Cc1cc(C)c(S(=O)(=O)NCCN2C(=O)c3cccnc3C2=O)c(C)c1. The second-order valence-electron chi connectivity index (χ2n) is 6.29. The summed E-state index contributed by atoms with van der Waals surface area (Å²) in [4.78, 5) is 29.7. The van der Waals surface area contributed by atoms with E-state index in [1.54, 1.807) is 32.0 Å². The normalized spacial score (nSPS) is 14.0. The summed E-state index contributed by atoms with van der Waals surface area (Å²) in [5, 5.41) is 0. The van der Waals surface area contributed by atoms with Crippen LogP contribution in [0.3, 0.4) is 0 Å². The van der Waals surface area contributed by atoms with Gasteiger partial charge in [0, 0.05) is 19.3 Å². The average molecular weight is 373 g/mol. The second kappa shape index (κ2) is 6.62. The largest absolute Gasteiger partial charge is 0.280 e. The number of hydrogen-bond donors (Lipinski definition) is 1. The molecule has 136 valence electrons. The lowest BCUT2D eigenvalue weighted by Gasteiger charge is -2.16. The number of hydrogen-bond acceptors (Lipinski definition) is 5. The van der Waals surface area contributed by atoms with Crippen LogP contribution in [0, 0.1) is 20.8 Å². The topological polar surface area (TPSA) is 96.4 Å². The molecule has 2 aromatic rings. The van der Waals surface area contributed by atoms with E-state index >= 15 is 0 Å². The van der Waals surface area contributed by atoms with Gasteiger partial charge in [0.15, 0.2) is 0 Å². The molecule has 1 aromatic carbocycles. The maximum Gasteiger partial charge on any atom is 0.280 e. The highest BCUT2D eigenvalue weighted by Crippen LogP contribution is 2.22. The molecule has 1 aliphatic heterocycles. The Bertz CT molecular complexity index is 957. The van der Waals surface area contributed by atoms with Gasteiger partial charge in [-0.15, -0.1) is 0 Å². The molecular weight excluding hydrogens is 354 g/mol. The van der Waals surface area contributed by atoms with E-state index in [1.807, 2.05) is 6.92 Å². The maximum absolute atomic E-state index is 12.6. The minimum Gasteiger partial charge on any atom is -0.272 e. The van der Waals surface area contributed by atoms with Crippen molar-refractivity contribution in [2.75, 3.05) is 13.1 Å². The van der Waals surface area contributed by atoms with E-state index < -0.39 is 21.8 Å². The van der Waals surface area contributed by atoms with Crippen LogP contribution in [0.15, 0.2) is 35.4 Å². The van der Waals surface area contributed by atoms with Gasteiger partial charge in [-0.1, -0.05) is 17.7 Å². The lowest BCUT2D eigenvalue weighted by atomic mass is 10.1. The van der Waals surface area contributed by atoms with E-state index in [-0.39, 0.29) is 29.2 Å². The van der Waals surface area contributed by atoms with E-state index in [0.29, 0.717) is 11.1 Å². The standard InChI is InChI=1S/C18H19N3O4S/c1-11-9-12(2)16(13(3)10-11)26(24,25)20-7-8-21-17(22)14-5-4-6-19-15(14)18(21)23/h4-6,9-10,20H,7-8H2,1-3H3. The summed E-state index contributed by atoms with van der Waals surface area (Å²) in [7, 11) is -3.75. The number of fused-ring (bicyclic) bond motifs is 1. The Kier molecular flexibility index (Phi) is 4.64. The Hall–Kier alpha value is -2.58. The van der Waals surface area contributed by atoms with Gasteiger partial charge in [0.1, 0.15) is 5.69 Å². The van der Waals surface area contributed by atoms with Gasteiger partial charge in [-0.2, -0.15) is 0 Å². The van der Waals surface area contributed by atoms with Gasteiger partial charge < -0.3 is 0 Å². The third kappa shape index (κ3) is 3.13. The van der Waals surface area contributed by atoms with Crippen molar-refractivity contribution in [3.63, 3.8) is 0 Å². The molecule has 7 nitrogen and oxygen atoms in total. The first-order chi connectivity index (χ1) is 12.2. The third-order valence-corrected chi connectivity index (χ3v) is 6.00. The number of nitrogens with zero attached hydrogens (tertiary/aromatic N) is 2. The first-order valence-electron chi connectivity index (χ1n) is 8.11. The number of nitrogens with one attached hydrogen (secondary N) is 1. The Labute approximate surface area is 152 Å². The van der Waals surface area contributed by atoms with Crippen LogP contribution < -0.4 is 4.72 Å². The number of benzene rings is 1. The van der Waals surface area contributed by atoms with Crippen LogP contribution >= 0.6 is 0 Å². The van der Waals surface area contributed by atoms with Crippen LogP contribution in [0.1, 0.15) is 37.5 Å². The lowest BCUT2D eigenvalue weighted by molar-refractivity contribution is 0.0655. The molecule has 8 heteroatoms. The molecule has 1 aromatic heterocycles. The smallest absolute Gasteiger partial charge is 0.272 e. The Balaban J connectivity index is 1.73. The number of aromatic nitrogens is 1. The van der Waals surface area contributed by atoms with Gasteiger partial charge in [0.2, 0.25) is 10.0 Å². The number of aryl methyl sites for hydroxylation is 3. The van der Waals surface area contributed by atoms with Crippen LogP contribution in [0.2, 0.25) is 0 Å². The molecule has 0 radical (unpaired) electrons.